The maximum absolute atomic E-state index is 13.1. The molecule has 0 aliphatic carbocycles. The van der Waals surface area contributed by atoms with Gasteiger partial charge in [0.05, 0.1) is 0 Å². The van der Waals surface area contributed by atoms with Gasteiger partial charge in [-0.1, -0.05) is 0 Å². The molecule has 2 fully saturated rings. The minimum atomic E-state index is -0.0453. The van der Waals surface area contributed by atoms with Crippen LogP contribution < -0.4 is 26.2 Å². The normalized spacial score (nSPS) is 16.9. The molecule has 0 atom stereocenters. The first-order valence-electron chi connectivity index (χ1n) is 11.9. The van der Waals surface area contributed by atoms with Gasteiger partial charge in [0.15, 0.2) is 11.9 Å². The summed E-state index contributed by atoms with van der Waals surface area (Å²) in [5, 5.41) is 7.57. The van der Waals surface area contributed by atoms with Crippen molar-refractivity contribution in [1.82, 2.24) is 9.80 Å². The summed E-state index contributed by atoms with van der Waals surface area (Å²) in [5.74, 6) is 0.663. The van der Waals surface area contributed by atoms with Gasteiger partial charge in [0.25, 0.3) is 5.91 Å². The van der Waals surface area contributed by atoms with Crippen molar-refractivity contribution < 1.29 is 4.79 Å². The zero-order chi connectivity index (χ0) is 24.9. The fraction of sp³-hybridized carbons (Fsp3) is 0.400. The topological polar surface area (TPSA) is 122 Å². The Balaban J connectivity index is 1.34. The number of nitrogens with one attached hydrogen (secondary N) is 1. The lowest BCUT2D eigenvalue weighted by Crippen LogP contribution is -2.51. The van der Waals surface area contributed by atoms with E-state index >= 15 is 0 Å². The molecule has 35 heavy (non-hydrogen) atoms. The molecule has 2 aliphatic rings. The Hall–Kier alpha value is -3.95. The van der Waals surface area contributed by atoms with Gasteiger partial charge in [0, 0.05) is 89.1 Å². The van der Waals surface area contributed by atoms with Crippen LogP contribution in [-0.4, -0.2) is 94.1 Å². The maximum Gasteiger partial charge on any atom is 0.258 e. The third kappa shape index (κ3) is 5.42. The number of carbonyl (C=O) groups is 1. The number of hydrogen-bond acceptors (Lipinski definition) is 5. The number of rotatable bonds is 4. The predicted octanol–water partition coefficient (Wildman–Crippen LogP) is 1.05. The monoisotopic (exact) mass is 477 g/mol. The molecule has 0 aromatic heterocycles. The molecule has 1 amide bonds. The third-order valence-corrected chi connectivity index (χ3v) is 6.84. The van der Waals surface area contributed by atoms with E-state index < -0.39 is 0 Å². The predicted molar refractivity (Wildman–Crippen MR) is 143 cm³/mol. The number of piperazine rings is 2. The molecule has 2 heterocycles. The summed E-state index contributed by atoms with van der Waals surface area (Å²) in [4.78, 5) is 27.4. The minimum absolute atomic E-state index is 0.0453. The summed E-state index contributed by atoms with van der Waals surface area (Å²) < 4.78 is 0. The van der Waals surface area contributed by atoms with Gasteiger partial charge in [-0.15, -0.1) is 0 Å². The second-order valence-corrected chi connectivity index (χ2v) is 8.84. The van der Waals surface area contributed by atoms with Crippen LogP contribution in [-0.2, 0) is 0 Å². The largest absolute Gasteiger partial charge is 0.370 e. The van der Waals surface area contributed by atoms with E-state index in [0.29, 0.717) is 11.5 Å². The molecule has 2 aromatic rings. The summed E-state index contributed by atoms with van der Waals surface area (Å²) in [5.41, 5.74) is 15.2. The van der Waals surface area contributed by atoms with E-state index in [-0.39, 0.29) is 11.9 Å². The van der Waals surface area contributed by atoms with Crippen LogP contribution in [0.25, 0.3) is 0 Å². The van der Waals surface area contributed by atoms with Gasteiger partial charge < -0.3 is 36.0 Å². The van der Waals surface area contributed by atoms with E-state index in [2.05, 4.69) is 19.7 Å². The zero-order valence-electron chi connectivity index (χ0n) is 20.5. The molecule has 0 saturated carbocycles. The van der Waals surface area contributed by atoms with Crippen LogP contribution in [0, 0.1) is 5.41 Å². The van der Waals surface area contributed by atoms with E-state index in [0.717, 1.165) is 69.4 Å². The van der Waals surface area contributed by atoms with E-state index in [4.69, 9.17) is 16.9 Å². The highest BCUT2D eigenvalue weighted by molar-refractivity contribution is 6.06. The van der Waals surface area contributed by atoms with Crippen molar-refractivity contribution in [3.05, 3.63) is 54.1 Å². The van der Waals surface area contributed by atoms with Crippen molar-refractivity contribution >= 4 is 34.9 Å². The first kappa shape index (κ1) is 24.2. The number of nitrogens with zero attached hydrogens (tertiary/aromatic N) is 6. The summed E-state index contributed by atoms with van der Waals surface area (Å²) in [6.07, 6.45) is 0. The smallest absolute Gasteiger partial charge is 0.258 e. The standard InChI is InChI=1S/C25H35N9O/c1-29-25(28)34-17-13-32(14-18-34)21-5-3-19(4-6-21)23(35)30(2)20-7-9-22(10-8-20)31-11-15-33(16-12-31)24(26)27/h3-10H,11-18H2,1-2H3,(H3,26,27)(H2,28,29). The summed E-state index contributed by atoms with van der Waals surface area (Å²) >= 11 is 0. The average Bonchev–Trinajstić information content (AvgIpc) is 2.92. The molecule has 0 spiro atoms. The lowest BCUT2D eigenvalue weighted by Gasteiger charge is -2.36. The van der Waals surface area contributed by atoms with Crippen LogP contribution in [0.2, 0.25) is 0 Å². The van der Waals surface area contributed by atoms with Gasteiger partial charge in [-0.25, -0.2) is 0 Å². The molecule has 5 N–H and O–H groups in total. The fourth-order valence-corrected chi connectivity index (χ4v) is 4.55. The Labute approximate surface area is 206 Å². The summed E-state index contributed by atoms with van der Waals surface area (Å²) in [6, 6.07) is 15.8. The van der Waals surface area contributed by atoms with Gasteiger partial charge in [0.2, 0.25) is 0 Å². The van der Waals surface area contributed by atoms with Crippen molar-refractivity contribution in [1.29, 1.82) is 5.41 Å². The molecule has 10 heteroatoms. The summed E-state index contributed by atoms with van der Waals surface area (Å²) in [6.45, 7) is 6.48. The van der Waals surface area contributed by atoms with Gasteiger partial charge in [-0.3, -0.25) is 15.2 Å². The second kappa shape index (κ2) is 10.5. The molecule has 0 bridgehead atoms. The Morgan fingerprint density at radius 2 is 1.26 bits per heavy atom. The molecular weight excluding hydrogens is 442 g/mol. The lowest BCUT2D eigenvalue weighted by molar-refractivity contribution is 0.0993. The van der Waals surface area contributed by atoms with E-state index in [1.54, 1.807) is 19.0 Å². The van der Waals surface area contributed by atoms with Crippen LogP contribution in [0.4, 0.5) is 17.1 Å². The number of hydrogen-bond donors (Lipinski definition) is 3. The molecule has 2 saturated heterocycles. The van der Waals surface area contributed by atoms with Crippen LogP contribution >= 0.6 is 0 Å². The van der Waals surface area contributed by atoms with Gasteiger partial charge >= 0.3 is 0 Å². The number of amides is 1. The van der Waals surface area contributed by atoms with Crippen molar-refractivity contribution in [2.24, 2.45) is 16.5 Å². The molecule has 0 radical (unpaired) electrons. The van der Waals surface area contributed by atoms with E-state index in [1.165, 1.54) is 0 Å². The Morgan fingerprint density at radius 3 is 1.71 bits per heavy atom. The minimum Gasteiger partial charge on any atom is -0.370 e. The molecule has 2 aliphatic heterocycles. The number of benzene rings is 2. The quantitative estimate of drug-likeness (QED) is 0.444. The zero-order valence-corrected chi connectivity index (χ0v) is 20.5. The van der Waals surface area contributed by atoms with Crippen molar-refractivity contribution in [2.45, 2.75) is 0 Å². The molecule has 2 aromatic carbocycles. The lowest BCUT2D eigenvalue weighted by atomic mass is 10.1. The Bertz CT molecular complexity index is 1050. The second-order valence-electron chi connectivity index (χ2n) is 8.84. The number of carbonyl (C=O) groups excluding carboxylic acids is 1. The molecule has 10 nitrogen and oxygen atoms in total. The molecule has 4 rings (SSSR count). The van der Waals surface area contributed by atoms with Crippen molar-refractivity contribution in [3.8, 4) is 0 Å². The average molecular weight is 478 g/mol. The van der Waals surface area contributed by atoms with Crippen LogP contribution in [0.1, 0.15) is 10.4 Å². The van der Waals surface area contributed by atoms with Crippen LogP contribution in [0.5, 0.6) is 0 Å². The van der Waals surface area contributed by atoms with Gasteiger partial charge in [-0.2, -0.15) is 0 Å². The van der Waals surface area contributed by atoms with E-state index in [9.17, 15) is 4.79 Å². The summed E-state index contributed by atoms with van der Waals surface area (Å²) in [7, 11) is 3.51. The Morgan fingerprint density at radius 1 is 0.800 bits per heavy atom. The van der Waals surface area contributed by atoms with Gasteiger partial charge in [-0.05, 0) is 48.5 Å². The Kier molecular flexibility index (Phi) is 7.28. The number of aliphatic imine (C=N–C) groups is 1. The van der Waals surface area contributed by atoms with Crippen molar-refractivity contribution in [3.63, 3.8) is 0 Å². The molecule has 0 unspecified atom stereocenters. The molecular formula is C25H35N9O. The van der Waals surface area contributed by atoms with Crippen LogP contribution in [0.3, 0.4) is 0 Å². The number of nitrogens with two attached hydrogens (primary N) is 2. The highest BCUT2D eigenvalue weighted by Crippen LogP contribution is 2.24. The van der Waals surface area contributed by atoms with Crippen molar-refractivity contribution in [2.75, 3.05) is 81.2 Å². The van der Waals surface area contributed by atoms with Gasteiger partial charge in [0.1, 0.15) is 0 Å². The van der Waals surface area contributed by atoms with E-state index in [1.807, 2.05) is 53.4 Å². The SMILES string of the molecule is C/N=C(\N)N1CCN(c2ccc(C(=O)N(C)c3ccc(N4CCN(C(=N)N)CC4)cc3)cc2)CC1. The third-order valence-electron chi connectivity index (χ3n) is 6.84. The fourth-order valence-electron chi connectivity index (χ4n) is 4.55. The number of guanidine groups is 2. The first-order chi connectivity index (χ1) is 16.9. The maximum atomic E-state index is 13.1. The number of anilines is 3. The highest BCUT2D eigenvalue weighted by atomic mass is 16.2. The highest BCUT2D eigenvalue weighted by Gasteiger charge is 2.21. The first-order valence-corrected chi connectivity index (χ1v) is 11.9. The van der Waals surface area contributed by atoms with Crippen LogP contribution in [0.15, 0.2) is 53.5 Å². The molecule has 186 valence electrons.